The standard InChI is InChI=1S/C15H16N2O2/c1-10-9-11(7-8-14(10)18)15(19)17(2)13-6-4-3-5-12(13)16/h3-9,18H,16H2,1-2H3. The Morgan fingerprint density at radius 1 is 1.21 bits per heavy atom. The molecule has 0 heterocycles. The first-order valence-corrected chi connectivity index (χ1v) is 5.93. The Morgan fingerprint density at radius 2 is 1.89 bits per heavy atom. The van der Waals surface area contributed by atoms with Gasteiger partial charge in [-0.25, -0.2) is 0 Å². The van der Waals surface area contributed by atoms with Gasteiger partial charge in [0, 0.05) is 12.6 Å². The summed E-state index contributed by atoms with van der Waals surface area (Å²) < 4.78 is 0. The van der Waals surface area contributed by atoms with Crippen LogP contribution >= 0.6 is 0 Å². The number of phenols is 1. The van der Waals surface area contributed by atoms with Crippen molar-refractivity contribution in [2.75, 3.05) is 17.7 Å². The highest BCUT2D eigenvalue weighted by Crippen LogP contribution is 2.24. The van der Waals surface area contributed by atoms with Crippen LogP contribution in [0.2, 0.25) is 0 Å². The van der Waals surface area contributed by atoms with Gasteiger partial charge in [0.15, 0.2) is 0 Å². The summed E-state index contributed by atoms with van der Waals surface area (Å²) in [6, 6.07) is 12.0. The number of rotatable bonds is 2. The molecule has 4 heteroatoms. The molecule has 3 N–H and O–H groups in total. The number of carbonyl (C=O) groups excluding carboxylic acids is 1. The summed E-state index contributed by atoms with van der Waals surface area (Å²) in [7, 11) is 1.68. The van der Waals surface area contributed by atoms with Crippen LogP contribution < -0.4 is 10.6 Å². The van der Waals surface area contributed by atoms with Crippen molar-refractivity contribution in [1.29, 1.82) is 0 Å². The third-order valence-corrected chi connectivity index (χ3v) is 3.05. The number of anilines is 2. The third-order valence-electron chi connectivity index (χ3n) is 3.05. The summed E-state index contributed by atoms with van der Waals surface area (Å²) >= 11 is 0. The normalized spacial score (nSPS) is 10.2. The molecule has 0 aliphatic heterocycles. The molecule has 0 saturated heterocycles. The van der Waals surface area contributed by atoms with Crippen molar-refractivity contribution in [3.05, 3.63) is 53.6 Å². The lowest BCUT2D eigenvalue weighted by atomic mass is 10.1. The monoisotopic (exact) mass is 256 g/mol. The minimum absolute atomic E-state index is 0.166. The van der Waals surface area contributed by atoms with Crippen LogP contribution in [0, 0.1) is 6.92 Å². The van der Waals surface area contributed by atoms with Crippen LogP contribution in [0.25, 0.3) is 0 Å². The summed E-state index contributed by atoms with van der Waals surface area (Å²) in [5.74, 6) is 0.0134. The Balaban J connectivity index is 2.34. The van der Waals surface area contributed by atoms with Gasteiger partial charge in [-0.05, 0) is 42.8 Å². The van der Waals surface area contributed by atoms with Crippen LogP contribution in [0.4, 0.5) is 11.4 Å². The van der Waals surface area contributed by atoms with E-state index in [1.54, 1.807) is 38.2 Å². The summed E-state index contributed by atoms with van der Waals surface area (Å²) in [6.45, 7) is 1.75. The molecule has 19 heavy (non-hydrogen) atoms. The maximum atomic E-state index is 12.3. The average molecular weight is 256 g/mol. The van der Waals surface area contributed by atoms with Crippen LogP contribution in [-0.4, -0.2) is 18.1 Å². The van der Waals surface area contributed by atoms with E-state index in [0.717, 1.165) is 0 Å². The molecule has 2 aromatic carbocycles. The van der Waals surface area contributed by atoms with Crippen LogP contribution in [0.1, 0.15) is 15.9 Å². The number of aromatic hydroxyl groups is 1. The number of nitrogens with zero attached hydrogens (tertiary/aromatic N) is 1. The van der Waals surface area contributed by atoms with Gasteiger partial charge in [0.2, 0.25) is 0 Å². The minimum atomic E-state index is -0.166. The van der Waals surface area contributed by atoms with Gasteiger partial charge in [-0.1, -0.05) is 12.1 Å². The minimum Gasteiger partial charge on any atom is -0.508 e. The van der Waals surface area contributed by atoms with Crippen LogP contribution in [0.15, 0.2) is 42.5 Å². The Bertz CT molecular complexity index is 623. The van der Waals surface area contributed by atoms with Crippen molar-refractivity contribution in [3.8, 4) is 5.75 Å². The fraction of sp³-hybridized carbons (Fsp3) is 0.133. The van der Waals surface area contributed by atoms with Gasteiger partial charge in [-0.15, -0.1) is 0 Å². The Morgan fingerprint density at radius 3 is 2.53 bits per heavy atom. The van der Waals surface area contributed by atoms with Crippen molar-refractivity contribution < 1.29 is 9.90 Å². The first kappa shape index (κ1) is 13.0. The highest BCUT2D eigenvalue weighted by Gasteiger charge is 2.15. The smallest absolute Gasteiger partial charge is 0.258 e. The van der Waals surface area contributed by atoms with Crippen molar-refractivity contribution in [1.82, 2.24) is 0 Å². The first-order chi connectivity index (χ1) is 9.00. The second-order valence-corrected chi connectivity index (χ2v) is 4.42. The lowest BCUT2D eigenvalue weighted by molar-refractivity contribution is 0.0993. The summed E-state index contributed by atoms with van der Waals surface area (Å²) in [5, 5.41) is 9.48. The van der Waals surface area contributed by atoms with Crippen molar-refractivity contribution in [2.45, 2.75) is 6.92 Å². The van der Waals surface area contributed by atoms with E-state index in [9.17, 15) is 9.90 Å². The van der Waals surface area contributed by atoms with Crippen molar-refractivity contribution in [2.24, 2.45) is 0 Å². The van der Waals surface area contributed by atoms with Gasteiger partial charge in [0.1, 0.15) is 5.75 Å². The fourth-order valence-corrected chi connectivity index (χ4v) is 1.88. The molecule has 0 aromatic heterocycles. The molecule has 0 fully saturated rings. The van der Waals surface area contributed by atoms with Gasteiger partial charge in [-0.2, -0.15) is 0 Å². The molecule has 0 aliphatic carbocycles. The largest absolute Gasteiger partial charge is 0.508 e. The summed E-state index contributed by atoms with van der Waals surface area (Å²) in [4.78, 5) is 13.9. The van der Waals surface area contributed by atoms with Gasteiger partial charge in [0.05, 0.1) is 11.4 Å². The molecule has 0 radical (unpaired) electrons. The van der Waals surface area contributed by atoms with Crippen LogP contribution in [0.5, 0.6) is 5.75 Å². The van der Waals surface area contributed by atoms with Gasteiger partial charge >= 0.3 is 0 Å². The molecule has 0 atom stereocenters. The average Bonchev–Trinajstić information content (AvgIpc) is 2.41. The number of carbonyl (C=O) groups is 1. The Labute approximate surface area is 112 Å². The van der Waals surface area contributed by atoms with E-state index in [1.165, 1.54) is 11.0 Å². The van der Waals surface area contributed by atoms with E-state index in [1.807, 2.05) is 12.1 Å². The van der Waals surface area contributed by atoms with E-state index in [0.29, 0.717) is 22.5 Å². The molecule has 0 spiro atoms. The lowest BCUT2D eigenvalue weighted by Gasteiger charge is -2.19. The quantitative estimate of drug-likeness (QED) is 0.811. The molecule has 98 valence electrons. The van der Waals surface area contributed by atoms with Crippen molar-refractivity contribution in [3.63, 3.8) is 0 Å². The van der Waals surface area contributed by atoms with Gasteiger partial charge < -0.3 is 15.7 Å². The maximum absolute atomic E-state index is 12.3. The van der Waals surface area contributed by atoms with Crippen LogP contribution in [0.3, 0.4) is 0 Å². The highest BCUT2D eigenvalue weighted by atomic mass is 16.3. The first-order valence-electron chi connectivity index (χ1n) is 5.93. The number of benzene rings is 2. The zero-order valence-corrected chi connectivity index (χ0v) is 10.9. The number of aryl methyl sites for hydroxylation is 1. The Hall–Kier alpha value is -2.49. The number of phenolic OH excluding ortho intramolecular Hbond substituents is 1. The molecule has 4 nitrogen and oxygen atoms in total. The number of hydrogen-bond donors (Lipinski definition) is 2. The van der Waals surface area contributed by atoms with E-state index in [-0.39, 0.29) is 11.7 Å². The summed E-state index contributed by atoms with van der Waals surface area (Å²) in [6.07, 6.45) is 0. The molecular weight excluding hydrogens is 240 g/mol. The van der Waals surface area contributed by atoms with Crippen molar-refractivity contribution >= 4 is 17.3 Å². The predicted octanol–water partition coefficient (Wildman–Crippen LogP) is 2.56. The molecule has 2 aromatic rings. The molecule has 0 saturated carbocycles. The number of hydrogen-bond acceptors (Lipinski definition) is 3. The SMILES string of the molecule is Cc1cc(C(=O)N(C)c2ccccc2N)ccc1O. The number of para-hydroxylation sites is 2. The second-order valence-electron chi connectivity index (χ2n) is 4.42. The lowest BCUT2D eigenvalue weighted by Crippen LogP contribution is -2.27. The maximum Gasteiger partial charge on any atom is 0.258 e. The van der Waals surface area contributed by atoms with Gasteiger partial charge in [0.25, 0.3) is 5.91 Å². The molecule has 1 amide bonds. The summed E-state index contributed by atoms with van der Waals surface area (Å²) in [5.41, 5.74) is 8.25. The molecule has 0 bridgehead atoms. The predicted molar refractivity (Wildman–Crippen MR) is 76.4 cm³/mol. The zero-order chi connectivity index (χ0) is 14.0. The number of amides is 1. The number of nitrogen functional groups attached to an aromatic ring is 1. The fourth-order valence-electron chi connectivity index (χ4n) is 1.88. The topological polar surface area (TPSA) is 66.6 Å². The molecule has 2 rings (SSSR count). The third kappa shape index (κ3) is 2.52. The van der Waals surface area contributed by atoms with Gasteiger partial charge in [-0.3, -0.25) is 4.79 Å². The number of nitrogens with two attached hydrogens (primary N) is 1. The van der Waals surface area contributed by atoms with E-state index < -0.39 is 0 Å². The van der Waals surface area contributed by atoms with E-state index >= 15 is 0 Å². The zero-order valence-electron chi connectivity index (χ0n) is 10.9. The van der Waals surface area contributed by atoms with E-state index in [4.69, 9.17) is 5.73 Å². The molecular formula is C15H16N2O2. The highest BCUT2D eigenvalue weighted by molar-refractivity contribution is 6.07. The second kappa shape index (κ2) is 5.02. The van der Waals surface area contributed by atoms with Crippen LogP contribution in [-0.2, 0) is 0 Å². The Kier molecular flexibility index (Phi) is 3.42. The molecule has 0 aliphatic rings. The molecule has 0 unspecified atom stereocenters. The van der Waals surface area contributed by atoms with E-state index in [2.05, 4.69) is 0 Å².